The minimum Gasteiger partial charge on any atom is -0.495 e. The van der Waals surface area contributed by atoms with Gasteiger partial charge in [0.15, 0.2) is 0 Å². The molecule has 9 nitrogen and oxygen atoms in total. The lowest BCUT2D eigenvalue weighted by Crippen LogP contribution is -2.47. The van der Waals surface area contributed by atoms with Crippen molar-refractivity contribution in [3.63, 3.8) is 0 Å². The first-order valence-electron chi connectivity index (χ1n) is 10.7. The first-order valence-corrected chi connectivity index (χ1v) is 12.2. The quantitative estimate of drug-likeness (QED) is 0.534. The molecule has 2 aromatic carbocycles. The van der Waals surface area contributed by atoms with Crippen molar-refractivity contribution in [1.29, 1.82) is 0 Å². The lowest BCUT2D eigenvalue weighted by atomic mass is 10.0. The fourth-order valence-corrected chi connectivity index (χ4v) is 5.06. The lowest BCUT2D eigenvalue weighted by Gasteiger charge is -2.31. The molecule has 186 valence electrons. The number of aliphatic carboxylic acids is 1. The van der Waals surface area contributed by atoms with Crippen LogP contribution in [0.3, 0.4) is 0 Å². The van der Waals surface area contributed by atoms with E-state index in [-0.39, 0.29) is 22.9 Å². The number of anilines is 1. The second-order valence-electron chi connectivity index (χ2n) is 9.05. The van der Waals surface area contributed by atoms with E-state index in [4.69, 9.17) is 9.47 Å². The van der Waals surface area contributed by atoms with Crippen LogP contribution in [0.5, 0.6) is 5.75 Å². The van der Waals surface area contributed by atoms with E-state index in [1.807, 2.05) is 0 Å². The van der Waals surface area contributed by atoms with E-state index in [9.17, 15) is 23.1 Å². The summed E-state index contributed by atoms with van der Waals surface area (Å²) in [5.41, 5.74) is -0.0491. The zero-order valence-electron chi connectivity index (χ0n) is 20.2. The Hall–Kier alpha value is -3.11. The molecule has 0 aliphatic rings. The maximum absolute atomic E-state index is 13.7. The van der Waals surface area contributed by atoms with Crippen LogP contribution < -0.4 is 10.1 Å². The Bertz CT molecular complexity index is 1110. The molecule has 0 fully saturated rings. The summed E-state index contributed by atoms with van der Waals surface area (Å²) in [7, 11) is -2.92. The van der Waals surface area contributed by atoms with Crippen LogP contribution in [0, 0.1) is 5.92 Å². The molecule has 1 amide bonds. The van der Waals surface area contributed by atoms with Crippen LogP contribution in [-0.2, 0) is 26.1 Å². The smallest absolute Gasteiger partial charge is 0.412 e. The van der Waals surface area contributed by atoms with Crippen LogP contribution in [0.1, 0.15) is 40.2 Å². The Kier molecular flexibility index (Phi) is 8.68. The molecular formula is C24H32N2O7S. The molecular weight excluding hydrogens is 460 g/mol. The highest BCUT2D eigenvalue weighted by Gasteiger charge is 2.38. The van der Waals surface area contributed by atoms with Crippen LogP contribution >= 0.6 is 0 Å². The van der Waals surface area contributed by atoms with Crippen LogP contribution in [0.2, 0.25) is 0 Å². The van der Waals surface area contributed by atoms with Gasteiger partial charge in [0.05, 0.1) is 17.7 Å². The molecule has 0 aliphatic heterocycles. The Morgan fingerprint density at radius 3 is 2.21 bits per heavy atom. The Balaban J connectivity index is 2.55. The van der Waals surface area contributed by atoms with Gasteiger partial charge in [-0.25, -0.2) is 13.2 Å². The number of carboxylic acids is 1. The van der Waals surface area contributed by atoms with Crippen molar-refractivity contribution in [2.75, 3.05) is 12.4 Å². The number of amides is 1. The zero-order chi connectivity index (χ0) is 25.7. The highest BCUT2D eigenvalue weighted by atomic mass is 32.2. The van der Waals surface area contributed by atoms with Crippen LogP contribution in [0.15, 0.2) is 53.4 Å². The van der Waals surface area contributed by atoms with Crippen LogP contribution in [0.4, 0.5) is 10.5 Å². The molecule has 2 rings (SSSR count). The highest BCUT2D eigenvalue weighted by molar-refractivity contribution is 7.89. The first kappa shape index (κ1) is 27.1. The Labute approximate surface area is 200 Å². The topological polar surface area (TPSA) is 122 Å². The molecule has 0 aromatic heterocycles. The molecule has 34 heavy (non-hydrogen) atoms. The summed E-state index contributed by atoms with van der Waals surface area (Å²) in [5, 5.41) is 12.4. The normalized spacial score (nSPS) is 12.9. The number of rotatable bonds is 9. The molecule has 0 aliphatic carbocycles. The van der Waals surface area contributed by atoms with E-state index in [0.29, 0.717) is 5.56 Å². The maximum Gasteiger partial charge on any atom is 0.412 e. The van der Waals surface area contributed by atoms with Crippen molar-refractivity contribution >= 4 is 27.8 Å². The third kappa shape index (κ3) is 6.94. The summed E-state index contributed by atoms with van der Waals surface area (Å²) < 4.78 is 38.9. The second-order valence-corrected chi connectivity index (χ2v) is 10.9. The Morgan fingerprint density at radius 2 is 1.71 bits per heavy atom. The molecule has 0 bridgehead atoms. The summed E-state index contributed by atoms with van der Waals surface area (Å²) in [4.78, 5) is 24.2. The number of nitrogens with zero attached hydrogens (tertiary/aromatic N) is 1. The van der Waals surface area contributed by atoms with Crippen molar-refractivity contribution in [2.24, 2.45) is 5.92 Å². The molecule has 0 heterocycles. The molecule has 1 atom stereocenters. The third-order valence-corrected chi connectivity index (χ3v) is 6.61. The molecule has 2 N–H and O–H groups in total. The van der Waals surface area contributed by atoms with Gasteiger partial charge in [-0.3, -0.25) is 10.1 Å². The van der Waals surface area contributed by atoms with Gasteiger partial charge in [0.25, 0.3) is 0 Å². The van der Waals surface area contributed by atoms with Gasteiger partial charge in [-0.05, 0) is 50.5 Å². The molecule has 0 radical (unpaired) electrons. The van der Waals surface area contributed by atoms with E-state index >= 15 is 0 Å². The van der Waals surface area contributed by atoms with Crippen molar-refractivity contribution in [1.82, 2.24) is 4.31 Å². The fourth-order valence-electron chi connectivity index (χ4n) is 3.33. The summed E-state index contributed by atoms with van der Waals surface area (Å²) in [6.07, 6.45) is -0.785. The van der Waals surface area contributed by atoms with Crippen LogP contribution in [0.25, 0.3) is 0 Å². The number of hydrogen-bond acceptors (Lipinski definition) is 6. The molecule has 0 saturated carbocycles. The van der Waals surface area contributed by atoms with Gasteiger partial charge in [-0.1, -0.05) is 44.2 Å². The number of carbonyl (C=O) groups is 2. The predicted octanol–water partition coefficient (Wildman–Crippen LogP) is 4.34. The second kappa shape index (κ2) is 10.9. The highest BCUT2D eigenvalue weighted by Crippen LogP contribution is 2.31. The first-order chi connectivity index (χ1) is 15.8. The number of sulfonamides is 1. The number of nitrogens with one attached hydrogen (secondary N) is 1. The van der Waals surface area contributed by atoms with E-state index in [0.717, 1.165) is 4.31 Å². The standard InChI is InChI=1S/C24H32N2O7S/c1-16(2)21(22(27)28)26(15-17-10-8-7-9-11-17)34(30,31)18-12-13-20(32-6)19(14-18)25-23(29)33-24(3,4)5/h7-14,16,21H,15H2,1-6H3,(H,25,29)(H,27,28)/t21-/m0/s1. The number of hydrogen-bond donors (Lipinski definition) is 2. The molecule has 10 heteroatoms. The summed E-state index contributed by atoms with van der Waals surface area (Å²) in [6, 6.07) is 11.4. The van der Waals surface area contributed by atoms with Gasteiger partial charge >= 0.3 is 12.1 Å². The van der Waals surface area contributed by atoms with E-state index < -0.39 is 39.6 Å². The van der Waals surface area contributed by atoms with Gasteiger partial charge in [0.2, 0.25) is 10.0 Å². The number of ether oxygens (including phenoxy) is 2. The van der Waals surface area contributed by atoms with E-state index in [1.54, 1.807) is 65.0 Å². The number of benzene rings is 2. The molecule has 0 spiro atoms. The number of carboxylic acid groups (broad SMARTS) is 1. The minimum absolute atomic E-state index is 0.0777. The van der Waals surface area contributed by atoms with Crippen molar-refractivity contribution in [3.8, 4) is 5.75 Å². The largest absolute Gasteiger partial charge is 0.495 e. The summed E-state index contributed by atoms with van der Waals surface area (Å²) in [6.45, 7) is 8.25. The van der Waals surface area contributed by atoms with Crippen molar-refractivity contribution < 1.29 is 32.6 Å². The average molecular weight is 493 g/mol. The number of carbonyl (C=O) groups excluding carboxylic acids is 1. The average Bonchev–Trinajstić information content (AvgIpc) is 2.72. The van der Waals surface area contributed by atoms with Gasteiger partial charge in [-0.15, -0.1) is 0 Å². The van der Waals surface area contributed by atoms with Gasteiger partial charge in [0.1, 0.15) is 17.4 Å². The van der Waals surface area contributed by atoms with Crippen molar-refractivity contribution in [2.45, 2.75) is 57.7 Å². The van der Waals surface area contributed by atoms with Gasteiger partial charge in [0, 0.05) is 6.54 Å². The number of methoxy groups -OCH3 is 1. The molecule has 2 aromatic rings. The SMILES string of the molecule is COc1ccc(S(=O)(=O)N(Cc2ccccc2)[C@H](C(=O)O)C(C)C)cc1NC(=O)OC(C)(C)C. The van der Waals surface area contributed by atoms with Gasteiger partial charge < -0.3 is 14.6 Å². The Morgan fingerprint density at radius 1 is 1.09 bits per heavy atom. The van der Waals surface area contributed by atoms with Crippen LogP contribution in [-0.4, -0.2) is 48.6 Å². The maximum atomic E-state index is 13.7. The van der Waals surface area contributed by atoms with Gasteiger partial charge in [-0.2, -0.15) is 4.31 Å². The monoisotopic (exact) mass is 492 g/mol. The minimum atomic E-state index is -4.30. The van der Waals surface area contributed by atoms with E-state index in [1.165, 1.54) is 25.3 Å². The fraction of sp³-hybridized carbons (Fsp3) is 0.417. The lowest BCUT2D eigenvalue weighted by molar-refractivity contribution is -0.143. The summed E-state index contributed by atoms with van der Waals surface area (Å²) in [5.74, 6) is -1.54. The summed E-state index contributed by atoms with van der Waals surface area (Å²) >= 11 is 0. The van der Waals surface area contributed by atoms with Crippen molar-refractivity contribution in [3.05, 3.63) is 54.1 Å². The predicted molar refractivity (Wildman–Crippen MR) is 128 cm³/mol. The third-order valence-electron chi connectivity index (χ3n) is 4.79. The molecule has 0 unspecified atom stereocenters. The van der Waals surface area contributed by atoms with E-state index in [2.05, 4.69) is 5.32 Å². The zero-order valence-corrected chi connectivity index (χ0v) is 21.0. The molecule has 0 saturated heterocycles.